The first kappa shape index (κ1) is 12.8. The monoisotopic (exact) mass is 277 g/mol. The zero-order valence-electron chi connectivity index (χ0n) is 10.6. The molecule has 0 saturated heterocycles. The summed E-state index contributed by atoms with van der Waals surface area (Å²) in [4.78, 5) is 11.6. The minimum Gasteiger partial charge on any atom is -0.481 e. The number of halogens is 2. The molecule has 1 aromatic carbocycles. The first-order valence-electron chi connectivity index (χ1n) is 6.29. The van der Waals surface area contributed by atoms with Gasteiger partial charge in [-0.15, -0.1) is 0 Å². The lowest BCUT2D eigenvalue weighted by Gasteiger charge is -2.45. The molecule has 0 unspecified atom stereocenters. The van der Waals surface area contributed by atoms with Crippen molar-refractivity contribution in [3.05, 3.63) is 48.2 Å². The number of carboxylic acid groups (broad SMARTS) is 1. The minimum atomic E-state index is -2.91. The molecule has 0 spiro atoms. The van der Waals surface area contributed by atoms with Crippen molar-refractivity contribution in [2.75, 3.05) is 5.32 Å². The van der Waals surface area contributed by atoms with E-state index in [-0.39, 0.29) is 0 Å². The number of para-hydroxylation sites is 1. The maximum atomic E-state index is 13.3. The van der Waals surface area contributed by atoms with Gasteiger partial charge in [0.05, 0.1) is 0 Å². The second-order valence-corrected chi connectivity index (χ2v) is 5.23. The highest BCUT2D eigenvalue weighted by molar-refractivity contribution is 5.97. The standard InChI is InChI=1S/C15H13F2NO2/c16-15(17)8-14(9-15,13(19)20)11-5-3-7-18-12-6-2-1-4-10(11)12/h1-7,18H,8-9H2,(H,19,20). The molecule has 2 N–H and O–H groups in total. The molecule has 0 radical (unpaired) electrons. The average molecular weight is 277 g/mol. The van der Waals surface area contributed by atoms with Gasteiger partial charge in [-0.25, -0.2) is 8.78 Å². The lowest BCUT2D eigenvalue weighted by atomic mass is 9.60. The summed E-state index contributed by atoms with van der Waals surface area (Å²) >= 11 is 0. The molecule has 0 atom stereocenters. The van der Waals surface area contributed by atoms with Crippen molar-refractivity contribution in [3.63, 3.8) is 0 Å². The van der Waals surface area contributed by atoms with Gasteiger partial charge in [0, 0.05) is 30.3 Å². The topological polar surface area (TPSA) is 49.3 Å². The summed E-state index contributed by atoms with van der Waals surface area (Å²) in [6, 6.07) is 7.13. The van der Waals surface area contributed by atoms with E-state index in [2.05, 4.69) is 5.32 Å². The van der Waals surface area contributed by atoms with Crippen molar-refractivity contribution in [1.29, 1.82) is 0 Å². The van der Waals surface area contributed by atoms with Gasteiger partial charge in [0.25, 0.3) is 5.92 Å². The van der Waals surface area contributed by atoms with Crippen LogP contribution < -0.4 is 5.32 Å². The number of hydrogen-bond acceptors (Lipinski definition) is 2. The van der Waals surface area contributed by atoms with Crippen molar-refractivity contribution in [2.24, 2.45) is 5.41 Å². The summed E-state index contributed by atoms with van der Waals surface area (Å²) < 4.78 is 26.6. The minimum absolute atomic E-state index is 0.438. The summed E-state index contributed by atoms with van der Waals surface area (Å²) in [7, 11) is 0. The second kappa shape index (κ2) is 4.16. The van der Waals surface area contributed by atoms with Gasteiger partial charge in [0.2, 0.25) is 0 Å². The van der Waals surface area contributed by atoms with Crippen molar-refractivity contribution in [2.45, 2.75) is 18.8 Å². The molecule has 1 saturated carbocycles. The van der Waals surface area contributed by atoms with Crippen LogP contribution in [0.4, 0.5) is 14.5 Å². The van der Waals surface area contributed by atoms with E-state index in [4.69, 9.17) is 0 Å². The maximum absolute atomic E-state index is 13.3. The Kier molecular flexibility index (Phi) is 2.67. The Morgan fingerprint density at radius 2 is 1.95 bits per heavy atom. The lowest BCUT2D eigenvalue weighted by Crippen LogP contribution is -2.51. The number of carboxylic acids is 1. The SMILES string of the molecule is O=C(O)C1(C2=CC=CNc3ccccc32)CC(F)(F)C1. The van der Waals surface area contributed by atoms with Crippen LogP contribution in [0.2, 0.25) is 0 Å². The van der Waals surface area contributed by atoms with Gasteiger partial charge < -0.3 is 10.4 Å². The predicted molar refractivity (Wildman–Crippen MR) is 71.4 cm³/mol. The Hall–Kier alpha value is -2.17. The number of carbonyl (C=O) groups is 1. The fraction of sp³-hybridized carbons (Fsp3) is 0.267. The average Bonchev–Trinajstić information content (AvgIpc) is 2.57. The van der Waals surface area contributed by atoms with E-state index < -0.39 is 30.1 Å². The van der Waals surface area contributed by atoms with Crippen LogP contribution in [0.1, 0.15) is 18.4 Å². The molecule has 1 heterocycles. The third kappa shape index (κ3) is 1.81. The third-order valence-electron chi connectivity index (χ3n) is 3.86. The third-order valence-corrected chi connectivity index (χ3v) is 3.86. The molecule has 1 aliphatic heterocycles. The van der Waals surface area contributed by atoms with Gasteiger partial charge in [0.15, 0.2) is 0 Å². The molecule has 20 heavy (non-hydrogen) atoms. The van der Waals surface area contributed by atoms with Crippen LogP contribution in [0.15, 0.2) is 42.6 Å². The van der Waals surface area contributed by atoms with E-state index in [0.29, 0.717) is 11.1 Å². The number of allylic oxidation sites excluding steroid dienone is 2. The maximum Gasteiger partial charge on any atom is 0.314 e. The van der Waals surface area contributed by atoms with Crippen LogP contribution in [0.25, 0.3) is 5.57 Å². The van der Waals surface area contributed by atoms with Crippen LogP contribution in [0.5, 0.6) is 0 Å². The van der Waals surface area contributed by atoms with E-state index in [0.717, 1.165) is 5.69 Å². The molecular formula is C15H13F2NO2. The molecule has 1 aromatic rings. The summed E-state index contributed by atoms with van der Waals surface area (Å²) in [6.07, 6.45) is 3.63. The van der Waals surface area contributed by atoms with Crippen molar-refractivity contribution in [1.82, 2.24) is 0 Å². The molecule has 3 nitrogen and oxygen atoms in total. The van der Waals surface area contributed by atoms with Crippen LogP contribution in [0.3, 0.4) is 0 Å². The van der Waals surface area contributed by atoms with Gasteiger partial charge in [-0.1, -0.05) is 24.3 Å². The van der Waals surface area contributed by atoms with E-state index in [1.54, 1.807) is 36.6 Å². The smallest absolute Gasteiger partial charge is 0.314 e. The molecule has 1 fully saturated rings. The van der Waals surface area contributed by atoms with Gasteiger partial charge in [-0.3, -0.25) is 4.79 Å². The number of hydrogen-bond donors (Lipinski definition) is 2. The summed E-state index contributed by atoms with van der Waals surface area (Å²) in [6.45, 7) is 0. The van der Waals surface area contributed by atoms with E-state index in [1.165, 1.54) is 0 Å². The molecule has 1 aliphatic carbocycles. The lowest BCUT2D eigenvalue weighted by molar-refractivity contribution is -0.179. The molecular weight excluding hydrogens is 264 g/mol. The Balaban J connectivity index is 2.12. The van der Waals surface area contributed by atoms with Crippen molar-refractivity contribution >= 4 is 17.2 Å². The second-order valence-electron chi connectivity index (χ2n) is 5.23. The number of anilines is 1. The van der Waals surface area contributed by atoms with Gasteiger partial charge >= 0.3 is 5.97 Å². The first-order chi connectivity index (χ1) is 9.45. The zero-order chi connectivity index (χ0) is 14.4. The molecule has 0 amide bonds. The first-order valence-corrected chi connectivity index (χ1v) is 6.29. The van der Waals surface area contributed by atoms with Crippen molar-refractivity contribution < 1.29 is 18.7 Å². The van der Waals surface area contributed by atoms with Gasteiger partial charge in [0.1, 0.15) is 5.41 Å². The van der Waals surface area contributed by atoms with Crippen LogP contribution >= 0.6 is 0 Å². The normalized spacial score (nSPS) is 21.8. The van der Waals surface area contributed by atoms with Crippen LogP contribution in [-0.4, -0.2) is 17.0 Å². The van der Waals surface area contributed by atoms with Crippen LogP contribution in [0, 0.1) is 5.41 Å². The Morgan fingerprint density at radius 3 is 2.60 bits per heavy atom. The molecule has 0 bridgehead atoms. The van der Waals surface area contributed by atoms with Gasteiger partial charge in [-0.05, 0) is 17.7 Å². The van der Waals surface area contributed by atoms with E-state index in [9.17, 15) is 18.7 Å². The molecule has 0 aromatic heterocycles. The summed E-state index contributed by atoms with van der Waals surface area (Å²) in [5.41, 5.74) is 0.321. The van der Waals surface area contributed by atoms with Crippen molar-refractivity contribution in [3.8, 4) is 0 Å². The fourth-order valence-corrected chi connectivity index (χ4v) is 2.92. The fourth-order valence-electron chi connectivity index (χ4n) is 2.92. The van der Waals surface area contributed by atoms with E-state index >= 15 is 0 Å². The summed E-state index contributed by atoms with van der Waals surface area (Å²) in [5.74, 6) is -4.10. The number of benzene rings is 1. The molecule has 104 valence electrons. The highest BCUT2D eigenvalue weighted by Gasteiger charge is 2.63. The molecule has 3 rings (SSSR count). The zero-order valence-corrected chi connectivity index (χ0v) is 10.6. The highest BCUT2D eigenvalue weighted by atomic mass is 19.3. The Bertz CT molecular complexity index is 627. The molecule has 2 aliphatic rings. The summed E-state index contributed by atoms with van der Waals surface area (Å²) in [5, 5.41) is 12.5. The Labute approximate surface area is 114 Å². The number of alkyl halides is 2. The highest BCUT2D eigenvalue weighted by Crippen LogP contribution is 2.59. The number of rotatable bonds is 2. The quantitative estimate of drug-likeness (QED) is 0.869. The van der Waals surface area contributed by atoms with Gasteiger partial charge in [-0.2, -0.15) is 0 Å². The predicted octanol–water partition coefficient (Wildman–Crippen LogP) is 3.51. The number of fused-ring (bicyclic) bond motifs is 1. The van der Waals surface area contributed by atoms with E-state index in [1.807, 2.05) is 6.07 Å². The Morgan fingerprint density at radius 1 is 1.25 bits per heavy atom. The number of aliphatic carboxylic acids is 1. The molecule has 5 heteroatoms. The van der Waals surface area contributed by atoms with Crippen LogP contribution in [-0.2, 0) is 4.79 Å². The number of nitrogens with one attached hydrogen (secondary N) is 1. The largest absolute Gasteiger partial charge is 0.481 e.